The lowest BCUT2D eigenvalue weighted by Crippen LogP contribution is -2.13. The van der Waals surface area contributed by atoms with Gasteiger partial charge in [0.25, 0.3) is 0 Å². The molecule has 3 unspecified atom stereocenters. The van der Waals surface area contributed by atoms with Gasteiger partial charge in [0, 0.05) is 16.7 Å². The number of nitrogens with two attached hydrogens (primary N) is 1. The van der Waals surface area contributed by atoms with Gasteiger partial charge in [-0.25, -0.2) is 0 Å². The molecule has 0 aliphatic heterocycles. The number of fused-ring (bicyclic) bond motifs is 5. The second kappa shape index (κ2) is 4.71. The predicted octanol–water partition coefficient (Wildman–Crippen LogP) is 3.13. The summed E-state index contributed by atoms with van der Waals surface area (Å²) in [6.45, 7) is 2.78. The molecule has 0 heterocycles. The van der Waals surface area contributed by atoms with Gasteiger partial charge in [0.1, 0.15) is 11.5 Å². The van der Waals surface area contributed by atoms with Gasteiger partial charge >= 0.3 is 0 Å². The minimum absolute atomic E-state index is 0.299. The van der Waals surface area contributed by atoms with Crippen molar-refractivity contribution in [2.45, 2.75) is 43.9 Å². The van der Waals surface area contributed by atoms with Gasteiger partial charge in [0.05, 0.1) is 14.2 Å². The van der Waals surface area contributed by atoms with E-state index in [0.29, 0.717) is 24.3 Å². The predicted molar refractivity (Wildman–Crippen MR) is 76.3 cm³/mol. The Hall–Kier alpha value is -1.22. The highest BCUT2D eigenvalue weighted by Gasteiger charge is 2.42. The monoisotopic (exact) mass is 261 g/mol. The molecule has 3 atom stereocenters. The molecule has 3 heteroatoms. The van der Waals surface area contributed by atoms with Crippen molar-refractivity contribution >= 4 is 0 Å². The Morgan fingerprint density at radius 3 is 2.47 bits per heavy atom. The van der Waals surface area contributed by atoms with Crippen LogP contribution in [0.25, 0.3) is 0 Å². The summed E-state index contributed by atoms with van der Waals surface area (Å²) in [5, 5.41) is 0. The zero-order valence-electron chi connectivity index (χ0n) is 12.0. The standard InChI is InChI=1S/C16H23NO2/c1-9(8-17)12-7-13(18-2)14-10-4-5-11(6-10)15(14)16(12)19-3/h7,9-11H,4-6,8,17H2,1-3H3. The maximum absolute atomic E-state index is 5.84. The van der Waals surface area contributed by atoms with Crippen LogP contribution < -0.4 is 15.2 Å². The Kier molecular flexibility index (Phi) is 3.17. The number of ether oxygens (including phenoxy) is 2. The molecular weight excluding hydrogens is 238 g/mol. The Bertz CT molecular complexity index is 498. The molecule has 1 saturated carbocycles. The SMILES string of the molecule is COc1cc(C(C)CN)c(OC)c2c1C1CCC2C1. The zero-order valence-corrected chi connectivity index (χ0v) is 12.0. The molecule has 0 saturated heterocycles. The van der Waals surface area contributed by atoms with Crippen molar-refractivity contribution in [3.8, 4) is 11.5 Å². The summed E-state index contributed by atoms with van der Waals surface area (Å²) >= 11 is 0. The number of hydrogen-bond donors (Lipinski definition) is 1. The second-order valence-corrected chi connectivity index (χ2v) is 5.87. The van der Waals surface area contributed by atoms with Crippen molar-refractivity contribution in [1.29, 1.82) is 0 Å². The molecule has 2 aliphatic rings. The molecule has 2 bridgehead atoms. The number of hydrogen-bond acceptors (Lipinski definition) is 3. The van der Waals surface area contributed by atoms with Crippen molar-refractivity contribution in [3.05, 3.63) is 22.8 Å². The van der Waals surface area contributed by atoms with Crippen molar-refractivity contribution in [2.75, 3.05) is 20.8 Å². The molecule has 0 amide bonds. The van der Waals surface area contributed by atoms with Crippen LogP contribution in [0.2, 0.25) is 0 Å². The van der Waals surface area contributed by atoms with Crippen LogP contribution in [0.15, 0.2) is 6.07 Å². The van der Waals surface area contributed by atoms with E-state index in [2.05, 4.69) is 13.0 Å². The molecule has 104 valence electrons. The lowest BCUT2D eigenvalue weighted by atomic mass is 9.86. The smallest absolute Gasteiger partial charge is 0.126 e. The molecule has 1 fully saturated rings. The fourth-order valence-electron chi connectivity index (χ4n) is 3.92. The van der Waals surface area contributed by atoms with Crippen LogP contribution in [0.1, 0.15) is 60.6 Å². The molecule has 3 rings (SSSR count). The number of rotatable bonds is 4. The topological polar surface area (TPSA) is 44.5 Å². The molecular formula is C16H23NO2. The molecule has 2 aliphatic carbocycles. The third-order valence-electron chi connectivity index (χ3n) is 4.91. The maximum Gasteiger partial charge on any atom is 0.126 e. The van der Waals surface area contributed by atoms with Crippen LogP contribution in [-0.4, -0.2) is 20.8 Å². The fraction of sp³-hybridized carbons (Fsp3) is 0.625. The normalized spacial score (nSPS) is 25.3. The van der Waals surface area contributed by atoms with Gasteiger partial charge in [-0.05, 0) is 49.6 Å². The third-order valence-corrected chi connectivity index (χ3v) is 4.91. The van der Waals surface area contributed by atoms with E-state index >= 15 is 0 Å². The zero-order chi connectivity index (χ0) is 13.6. The summed E-state index contributed by atoms with van der Waals surface area (Å²) in [5.74, 6) is 3.74. The first kappa shape index (κ1) is 12.8. The highest BCUT2D eigenvalue weighted by Crippen LogP contribution is 2.59. The van der Waals surface area contributed by atoms with Crippen LogP contribution >= 0.6 is 0 Å². The molecule has 2 N–H and O–H groups in total. The Labute approximate surface area is 115 Å². The molecule has 0 aromatic heterocycles. The molecule has 1 aromatic rings. The molecule has 0 spiro atoms. The minimum atomic E-state index is 0.299. The van der Waals surface area contributed by atoms with E-state index in [0.717, 1.165) is 11.5 Å². The number of methoxy groups -OCH3 is 2. The first-order valence-electron chi connectivity index (χ1n) is 7.19. The van der Waals surface area contributed by atoms with Crippen LogP contribution in [-0.2, 0) is 0 Å². The second-order valence-electron chi connectivity index (χ2n) is 5.87. The molecule has 1 aromatic carbocycles. The van der Waals surface area contributed by atoms with Gasteiger partial charge in [-0.15, -0.1) is 0 Å². The largest absolute Gasteiger partial charge is 0.496 e. The molecule has 3 nitrogen and oxygen atoms in total. The summed E-state index contributed by atoms with van der Waals surface area (Å²) in [5.41, 5.74) is 9.86. The minimum Gasteiger partial charge on any atom is -0.496 e. The first-order chi connectivity index (χ1) is 9.21. The van der Waals surface area contributed by atoms with E-state index in [4.69, 9.17) is 15.2 Å². The summed E-state index contributed by atoms with van der Waals surface area (Å²) in [4.78, 5) is 0. The van der Waals surface area contributed by atoms with Crippen LogP contribution in [0.4, 0.5) is 0 Å². The Morgan fingerprint density at radius 2 is 1.89 bits per heavy atom. The summed E-state index contributed by atoms with van der Waals surface area (Å²) in [6.07, 6.45) is 3.85. The Morgan fingerprint density at radius 1 is 1.21 bits per heavy atom. The van der Waals surface area contributed by atoms with Crippen LogP contribution in [0, 0.1) is 0 Å². The summed E-state index contributed by atoms with van der Waals surface area (Å²) < 4.78 is 11.4. The van der Waals surface area contributed by atoms with Crippen molar-refractivity contribution < 1.29 is 9.47 Å². The van der Waals surface area contributed by atoms with Crippen LogP contribution in [0.3, 0.4) is 0 Å². The van der Waals surface area contributed by atoms with E-state index < -0.39 is 0 Å². The molecule has 19 heavy (non-hydrogen) atoms. The quantitative estimate of drug-likeness (QED) is 0.905. The average molecular weight is 261 g/mol. The van der Waals surface area contributed by atoms with Gasteiger partial charge < -0.3 is 15.2 Å². The van der Waals surface area contributed by atoms with Gasteiger partial charge in [0.2, 0.25) is 0 Å². The van der Waals surface area contributed by atoms with Crippen molar-refractivity contribution in [1.82, 2.24) is 0 Å². The van der Waals surface area contributed by atoms with E-state index in [1.807, 2.05) is 0 Å². The lowest BCUT2D eigenvalue weighted by molar-refractivity contribution is 0.384. The van der Waals surface area contributed by atoms with Gasteiger partial charge in [0.15, 0.2) is 0 Å². The van der Waals surface area contributed by atoms with E-state index in [-0.39, 0.29) is 0 Å². The average Bonchev–Trinajstić information content (AvgIpc) is 3.06. The third kappa shape index (κ3) is 1.75. The van der Waals surface area contributed by atoms with Gasteiger partial charge in [-0.2, -0.15) is 0 Å². The fourth-order valence-corrected chi connectivity index (χ4v) is 3.92. The maximum atomic E-state index is 5.84. The summed E-state index contributed by atoms with van der Waals surface area (Å²) in [6, 6.07) is 2.15. The van der Waals surface area contributed by atoms with E-state index in [1.165, 1.54) is 36.0 Å². The van der Waals surface area contributed by atoms with Crippen molar-refractivity contribution in [3.63, 3.8) is 0 Å². The highest BCUT2D eigenvalue weighted by molar-refractivity contribution is 5.61. The van der Waals surface area contributed by atoms with Crippen LogP contribution in [0.5, 0.6) is 11.5 Å². The highest BCUT2D eigenvalue weighted by atomic mass is 16.5. The van der Waals surface area contributed by atoms with Gasteiger partial charge in [-0.3, -0.25) is 0 Å². The summed E-state index contributed by atoms with van der Waals surface area (Å²) in [7, 11) is 3.55. The first-order valence-corrected chi connectivity index (χ1v) is 7.19. The van der Waals surface area contributed by atoms with E-state index in [9.17, 15) is 0 Å². The molecule has 0 radical (unpaired) electrons. The van der Waals surface area contributed by atoms with E-state index in [1.54, 1.807) is 14.2 Å². The van der Waals surface area contributed by atoms with Crippen molar-refractivity contribution in [2.24, 2.45) is 5.73 Å². The van der Waals surface area contributed by atoms with Gasteiger partial charge in [-0.1, -0.05) is 6.92 Å². The Balaban J connectivity index is 2.22. The number of benzene rings is 1. The lowest BCUT2D eigenvalue weighted by Gasteiger charge is -2.25.